The van der Waals surface area contributed by atoms with Crippen LogP contribution in [0, 0.1) is 0 Å². The highest BCUT2D eigenvalue weighted by atomic mass is 32.2. The zero-order valence-corrected chi connectivity index (χ0v) is 9.88. The van der Waals surface area contributed by atoms with Gasteiger partial charge < -0.3 is 5.11 Å². The first-order chi connectivity index (χ1) is 7.36. The van der Waals surface area contributed by atoms with Crippen LogP contribution < -0.4 is 0 Å². The van der Waals surface area contributed by atoms with E-state index in [1.54, 1.807) is 0 Å². The molecule has 0 radical (unpaired) electrons. The Labute approximate surface area is 94.9 Å². The molecule has 0 spiro atoms. The molecular weight excluding hydrogens is 204 g/mol. The number of hydrogen-bond donors (Lipinski definition) is 1. The van der Waals surface area contributed by atoms with Gasteiger partial charge in [-0.3, -0.25) is 0 Å². The highest BCUT2D eigenvalue weighted by Crippen LogP contribution is 2.20. The summed E-state index contributed by atoms with van der Waals surface area (Å²) in [5.41, 5.74) is 1.08. The van der Waals surface area contributed by atoms with Gasteiger partial charge in [0.1, 0.15) is 23.4 Å². The first-order valence-electron chi connectivity index (χ1n) is 5.73. The van der Waals surface area contributed by atoms with Crippen molar-refractivity contribution in [2.45, 2.75) is 25.4 Å². The summed E-state index contributed by atoms with van der Waals surface area (Å²) >= 11 is 0. The normalized spacial score (nSPS) is 20.1. The van der Waals surface area contributed by atoms with E-state index >= 15 is 0 Å². The standard InChI is InChI=1S/C13H19OS/c14-13(12-7-3-1-4-8-12)11-15-9-5-2-6-10-15/h1,3-4,7-8,13-14H,2,5-6,9-11H2/q+1. The monoisotopic (exact) mass is 223 g/mol. The van der Waals surface area contributed by atoms with Crippen LogP contribution in [0.5, 0.6) is 0 Å². The fourth-order valence-electron chi connectivity index (χ4n) is 2.05. The van der Waals surface area contributed by atoms with E-state index in [9.17, 15) is 5.11 Å². The summed E-state index contributed by atoms with van der Waals surface area (Å²) in [6, 6.07) is 10.1. The van der Waals surface area contributed by atoms with Crippen LogP contribution in [0.15, 0.2) is 30.3 Å². The Bertz CT molecular complexity index is 280. The van der Waals surface area contributed by atoms with Gasteiger partial charge in [-0.05, 0) is 35.7 Å². The van der Waals surface area contributed by atoms with Crippen molar-refractivity contribution in [3.8, 4) is 0 Å². The van der Waals surface area contributed by atoms with Gasteiger partial charge in [-0.15, -0.1) is 0 Å². The molecule has 1 aromatic rings. The summed E-state index contributed by atoms with van der Waals surface area (Å²) in [4.78, 5) is 0. The molecule has 0 saturated carbocycles. The van der Waals surface area contributed by atoms with Gasteiger partial charge in [0.15, 0.2) is 0 Å². The van der Waals surface area contributed by atoms with Gasteiger partial charge in [-0.1, -0.05) is 30.3 Å². The molecule has 1 fully saturated rings. The molecule has 0 bridgehead atoms. The molecule has 1 aliphatic rings. The Morgan fingerprint density at radius 3 is 2.40 bits per heavy atom. The fraction of sp³-hybridized carbons (Fsp3) is 0.538. The largest absolute Gasteiger partial charge is 0.383 e. The molecule has 1 atom stereocenters. The molecule has 2 rings (SSSR count). The van der Waals surface area contributed by atoms with Gasteiger partial charge in [0.2, 0.25) is 0 Å². The van der Waals surface area contributed by atoms with E-state index in [-0.39, 0.29) is 6.10 Å². The molecule has 1 saturated heterocycles. The average Bonchev–Trinajstić information content (AvgIpc) is 2.31. The first kappa shape index (κ1) is 11.0. The smallest absolute Gasteiger partial charge is 0.138 e. The number of benzene rings is 1. The number of rotatable bonds is 3. The second-order valence-corrected chi connectivity index (χ2v) is 6.55. The summed E-state index contributed by atoms with van der Waals surface area (Å²) in [5, 5.41) is 10.1. The van der Waals surface area contributed by atoms with Crippen LogP contribution in [-0.4, -0.2) is 22.4 Å². The van der Waals surface area contributed by atoms with Gasteiger partial charge in [-0.25, -0.2) is 0 Å². The second kappa shape index (κ2) is 5.57. The van der Waals surface area contributed by atoms with Crippen molar-refractivity contribution in [1.29, 1.82) is 0 Å². The van der Waals surface area contributed by atoms with Gasteiger partial charge in [0.05, 0.1) is 0 Å². The molecule has 1 nitrogen and oxygen atoms in total. The molecule has 1 aliphatic heterocycles. The van der Waals surface area contributed by atoms with Gasteiger partial charge in [0.25, 0.3) is 0 Å². The van der Waals surface area contributed by atoms with Crippen molar-refractivity contribution >= 4 is 10.9 Å². The lowest BCUT2D eigenvalue weighted by atomic mass is 10.1. The highest BCUT2D eigenvalue weighted by Gasteiger charge is 2.25. The van der Waals surface area contributed by atoms with Crippen molar-refractivity contribution in [2.24, 2.45) is 0 Å². The van der Waals surface area contributed by atoms with Crippen molar-refractivity contribution in [1.82, 2.24) is 0 Å². The van der Waals surface area contributed by atoms with E-state index in [1.807, 2.05) is 30.3 Å². The maximum atomic E-state index is 10.1. The molecule has 0 amide bonds. The maximum absolute atomic E-state index is 10.1. The minimum absolute atomic E-state index is 0.243. The summed E-state index contributed by atoms with van der Waals surface area (Å²) in [7, 11) is 0.475. The van der Waals surface area contributed by atoms with Crippen LogP contribution >= 0.6 is 0 Å². The molecule has 1 N–H and O–H groups in total. The van der Waals surface area contributed by atoms with Gasteiger partial charge in [0, 0.05) is 0 Å². The van der Waals surface area contributed by atoms with E-state index < -0.39 is 0 Å². The lowest BCUT2D eigenvalue weighted by Gasteiger charge is -2.16. The highest BCUT2D eigenvalue weighted by molar-refractivity contribution is 7.96. The first-order valence-corrected chi connectivity index (χ1v) is 7.46. The van der Waals surface area contributed by atoms with E-state index in [0.29, 0.717) is 10.9 Å². The Morgan fingerprint density at radius 2 is 1.73 bits per heavy atom. The van der Waals surface area contributed by atoms with Crippen LogP contribution in [0.25, 0.3) is 0 Å². The van der Waals surface area contributed by atoms with E-state index in [4.69, 9.17) is 0 Å². The van der Waals surface area contributed by atoms with Crippen LogP contribution in [0.1, 0.15) is 30.9 Å². The minimum Gasteiger partial charge on any atom is -0.383 e. The molecule has 15 heavy (non-hydrogen) atoms. The molecule has 2 heteroatoms. The number of aliphatic hydroxyl groups is 1. The molecule has 0 aromatic heterocycles. The summed E-state index contributed by atoms with van der Waals surface area (Å²) in [5.74, 6) is 3.65. The molecule has 1 unspecified atom stereocenters. The van der Waals surface area contributed by atoms with E-state index in [0.717, 1.165) is 11.3 Å². The van der Waals surface area contributed by atoms with Crippen LogP contribution in [0.2, 0.25) is 0 Å². The number of aliphatic hydroxyl groups excluding tert-OH is 1. The molecular formula is C13H19OS+. The Morgan fingerprint density at radius 1 is 1.07 bits per heavy atom. The van der Waals surface area contributed by atoms with Crippen LogP contribution in [0.4, 0.5) is 0 Å². The van der Waals surface area contributed by atoms with Crippen LogP contribution in [-0.2, 0) is 10.9 Å². The predicted octanol–water partition coefficient (Wildman–Crippen LogP) is 2.52. The summed E-state index contributed by atoms with van der Waals surface area (Å²) < 4.78 is 0. The Hall–Kier alpha value is -0.470. The van der Waals surface area contributed by atoms with E-state index in [1.165, 1.54) is 30.8 Å². The zero-order valence-electron chi connectivity index (χ0n) is 9.06. The third-order valence-electron chi connectivity index (χ3n) is 2.94. The lowest BCUT2D eigenvalue weighted by molar-refractivity contribution is 0.203. The second-order valence-electron chi connectivity index (χ2n) is 4.17. The quantitative estimate of drug-likeness (QED) is 0.781. The third-order valence-corrected chi connectivity index (χ3v) is 5.46. The zero-order chi connectivity index (χ0) is 10.5. The lowest BCUT2D eigenvalue weighted by Crippen LogP contribution is -2.24. The van der Waals surface area contributed by atoms with E-state index in [2.05, 4.69) is 0 Å². The molecule has 0 aliphatic carbocycles. The molecule has 1 heterocycles. The molecule has 82 valence electrons. The van der Waals surface area contributed by atoms with Gasteiger partial charge >= 0.3 is 0 Å². The predicted molar refractivity (Wildman–Crippen MR) is 67.2 cm³/mol. The third kappa shape index (κ3) is 3.25. The molecule has 1 aromatic carbocycles. The number of hydrogen-bond acceptors (Lipinski definition) is 1. The minimum atomic E-state index is -0.243. The van der Waals surface area contributed by atoms with Crippen molar-refractivity contribution < 1.29 is 5.11 Å². The topological polar surface area (TPSA) is 20.2 Å². The Kier molecular flexibility index (Phi) is 4.09. The van der Waals surface area contributed by atoms with Crippen molar-refractivity contribution in [2.75, 3.05) is 17.3 Å². The van der Waals surface area contributed by atoms with Crippen LogP contribution in [0.3, 0.4) is 0 Å². The van der Waals surface area contributed by atoms with Crippen molar-refractivity contribution in [3.05, 3.63) is 35.9 Å². The SMILES string of the molecule is OC(C[S+]1CCCCC1)c1ccccc1. The fourth-order valence-corrected chi connectivity index (χ4v) is 4.45. The Balaban J connectivity index is 1.88. The summed E-state index contributed by atoms with van der Waals surface area (Å²) in [6.07, 6.45) is 3.88. The maximum Gasteiger partial charge on any atom is 0.138 e. The van der Waals surface area contributed by atoms with Crippen molar-refractivity contribution in [3.63, 3.8) is 0 Å². The average molecular weight is 223 g/mol. The summed E-state index contributed by atoms with van der Waals surface area (Å²) in [6.45, 7) is 0. The van der Waals surface area contributed by atoms with Gasteiger partial charge in [-0.2, -0.15) is 0 Å².